The number of benzene rings is 2. The Bertz CT molecular complexity index is 1200. The Balaban J connectivity index is 1.53. The van der Waals surface area contributed by atoms with Crippen LogP contribution in [0.1, 0.15) is 33.8 Å². The highest BCUT2D eigenvalue weighted by Crippen LogP contribution is 2.45. The van der Waals surface area contributed by atoms with Crippen molar-refractivity contribution in [3.8, 4) is 0 Å². The third-order valence-electron chi connectivity index (χ3n) is 6.94. The fourth-order valence-corrected chi connectivity index (χ4v) is 7.15. The topological polar surface area (TPSA) is 70.2 Å². The quantitative estimate of drug-likeness (QED) is 0.662. The lowest BCUT2D eigenvalue weighted by atomic mass is 9.88. The molecular formula is C24H28ClN3O4S. The number of hydrogen-bond donors (Lipinski definition) is 0. The van der Waals surface area contributed by atoms with E-state index in [9.17, 15) is 13.2 Å². The molecule has 2 fully saturated rings. The van der Waals surface area contributed by atoms with E-state index in [0.29, 0.717) is 18.8 Å². The van der Waals surface area contributed by atoms with Gasteiger partial charge in [-0.05, 0) is 56.8 Å². The van der Waals surface area contributed by atoms with Crippen LogP contribution in [0.5, 0.6) is 0 Å². The summed E-state index contributed by atoms with van der Waals surface area (Å²) in [5.41, 5.74) is 3.61. The van der Waals surface area contributed by atoms with Crippen molar-refractivity contribution in [3.63, 3.8) is 0 Å². The molecule has 0 aliphatic carbocycles. The maximum Gasteiger partial charge on any atom is 0.258 e. The van der Waals surface area contributed by atoms with E-state index < -0.39 is 10.0 Å². The highest BCUT2D eigenvalue weighted by atomic mass is 35.5. The average Bonchev–Trinajstić information content (AvgIpc) is 3.12. The molecule has 2 atom stereocenters. The van der Waals surface area contributed by atoms with Gasteiger partial charge < -0.3 is 14.5 Å². The molecule has 3 heterocycles. The molecule has 3 aliphatic heterocycles. The van der Waals surface area contributed by atoms with Crippen molar-refractivity contribution >= 4 is 33.2 Å². The summed E-state index contributed by atoms with van der Waals surface area (Å²) in [6.45, 7) is 5.10. The molecule has 2 saturated heterocycles. The highest BCUT2D eigenvalue weighted by molar-refractivity contribution is 7.89. The van der Waals surface area contributed by atoms with Gasteiger partial charge in [-0.15, -0.1) is 0 Å². The van der Waals surface area contributed by atoms with E-state index in [1.165, 1.54) is 27.6 Å². The number of likely N-dealkylation sites (tertiary alicyclic amines) is 1. The van der Waals surface area contributed by atoms with Crippen LogP contribution < -0.4 is 4.90 Å². The molecule has 33 heavy (non-hydrogen) atoms. The number of sulfonamides is 1. The van der Waals surface area contributed by atoms with Crippen LogP contribution in [0.25, 0.3) is 0 Å². The normalized spacial score (nSPS) is 23.9. The minimum Gasteiger partial charge on any atom is -0.379 e. The average molecular weight is 490 g/mol. The number of ether oxygens (including phenoxy) is 1. The molecule has 5 rings (SSSR count). The zero-order valence-electron chi connectivity index (χ0n) is 18.8. The smallest absolute Gasteiger partial charge is 0.258 e. The van der Waals surface area contributed by atoms with Crippen LogP contribution in [-0.2, 0) is 14.8 Å². The van der Waals surface area contributed by atoms with Crippen molar-refractivity contribution < 1.29 is 17.9 Å². The van der Waals surface area contributed by atoms with Crippen LogP contribution in [-0.4, -0.2) is 76.0 Å². The Morgan fingerprint density at radius 1 is 1.09 bits per heavy atom. The van der Waals surface area contributed by atoms with Crippen molar-refractivity contribution in [2.24, 2.45) is 0 Å². The summed E-state index contributed by atoms with van der Waals surface area (Å²) in [7, 11) is -1.72. The number of halogens is 1. The van der Waals surface area contributed by atoms with E-state index in [4.69, 9.17) is 16.3 Å². The molecular weight excluding hydrogens is 462 g/mol. The van der Waals surface area contributed by atoms with Crippen molar-refractivity contribution in [2.75, 3.05) is 51.3 Å². The van der Waals surface area contributed by atoms with Gasteiger partial charge in [-0.3, -0.25) is 4.79 Å². The first-order chi connectivity index (χ1) is 15.8. The Morgan fingerprint density at radius 3 is 2.61 bits per heavy atom. The zero-order chi connectivity index (χ0) is 23.3. The van der Waals surface area contributed by atoms with E-state index >= 15 is 0 Å². The molecule has 2 aromatic rings. The Kier molecular flexibility index (Phi) is 5.99. The molecule has 2 aromatic carbocycles. The summed E-state index contributed by atoms with van der Waals surface area (Å²) in [5, 5.41) is 0.118. The molecule has 7 nitrogen and oxygen atoms in total. The first-order valence-corrected chi connectivity index (χ1v) is 13.1. The number of amides is 1. The standard InChI is InChI=1S/C24H28ClN3O4S/c1-16-3-6-21-18(13-16)19-15-26(2)8-7-22(19)28(21)24(29)17-4-5-20(25)23(14-17)33(30,31)27-9-11-32-12-10-27/h3-6,13-14,19,22H,7-12,15H2,1-2H3/t19-,22-/m1/s1. The van der Waals surface area contributed by atoms with Crippen LogP contribution in [0, 0.1) is 6.92 Å². The van der Waals surface area contributed by atoms with Gasteiger partial charge in [0.2, 0.25) is 10.0 Å². The van der Waals surface area contributed by atoms with E-state index in [2.05, 4.69) is 24.9 Å². The summed E-state index contributed by atoms with van der Waals surface area (Å²) in [5.74, 6) is 0.0544. The van der Waals surface area contributed by atoms with Crippen LogP contribution >= 0.6 is 11.6 Å². The van der Waals surface area contributed by atoms with Crippen LogP contribution in [0.15, 0.2) is 41.3 Å². The van der Waals surface area contributed by atoms with Gasteiger partial charge in [0.25, 0.3) is 5.91 Å². The lowest BCUT2D eigenvalue weighted by Gasteiger charge is -2.36. The second kappa shape index (κ2) is 8.67. The predicted octanol–water partition coefficient (Wildman–Crippen LogP) is 3.12. The van der Waals surface area contributed by atoms with Crippen molar-refractivity contribution in [1.82, 2.24) is 9.21 Å². The first-order valence-electron chi connectivity index (χ1n) is 11.3. The van der Waals surface area contributed by atoms with Gasteiger partial charge in [0, 0.05) is 42.8 Å². The van der Waals surface area contributed by atoms with E-state index in [1.54, 1.807) is 6.07 Å². The van der Waals surface area contributed by atoms with Gasteiger partial charge in [-0.1, -0.05) is 29.3 Å². The van der Waals surface area contributed by atoms with Gasteiger partial charge in [-0.25, -0.2) is 8.42 Å². The molecule has 0 bridgehead atoms. The summed E-state index contributed by atoms with van der Waals surface area (Å²) in [6, 6.07) is 10.8. The number of morpholine rings is 1. The molecule has 3 aliphatic rings. The minimum absolute atomic E-state index is 0.0276. The number of fused-ring (bicyclic) bond motifs is 3. The number of aryl methyl sites for hydroxylation is 1. The maximum absolute atomic E-state index is 13.8. The largest absolute Gasteiger partial charge is 0.379 e. The summed E-state index contributed by atoms with van der Waals surface area (Å²) < 4.78 is 33.2. The zero-order valence-corrected chi connectivity index (χ0v) is 20.4. The molecule has 9 heteroatoms. The molecule has 0 aromatic heterocycles. The molecule has 1 amide bonds. The third kappa shape index (κ3) is 3.98. The third-order valence-corrected chi connectivity index (χ3v) is 9.32. The van der Waals surface area contributed by atoms with Gasteiger partial charge in [0.1, 0.15) is 4.90 Å². The van der Waals surface area contributed by atoms with E-state index in [-0.39, 0.29) is 40.9 Å². The van der Waals surface area contributed by atoms with E-state index in [0.717, 1.165) is 25.2 Å². The van der Waals surface area contributed by atoms with Crippen molar-refractivity contribution in [1.29, 1.82) is 0 Å². The monoisotopic (exact) mass is 489 g/mol. The highest BCUT2D eigenvalue weighted by Gasteiger charge is 2.44. The Hall–Kier alpha value is -1.97. The lowest BCUT2D eigenvalue weighted by Crippen LogP contribution is -2.47. The SMILES string of the molecule is Cc1ccc2c(c1)[C@H]1CN(C)CC[C@H]1N2C(=O)c1ccc(Cl)c(S(=O)(=O)N2CCOCC2)c1. The second-order valence-corrected chi connectivity index (χ2v) is 11.4. The minimum atomic E-state index is -3.83. The number of carbonyl (C=O) groups excluding carboxylic acids is 1. The van der Waals surface area contributed by atoms with Gasteiger partial charge in [0.15, 0.2) is 0 Å². The first kappa shape index (κ1) is 22.8. The Labute approximate surface area is 199 Å². The molecule has 0 saturated carbocycles. The Morgan fingerprint density at radius 2 is 1.85 bits per heavy atom. The van der Waals surface area contributed by atoms with Gasteiger partial charge >= 0.3 is 0 Å². The molecule has 0 N–H and O–H groups in total. The van der Waals surface area contributed by atoms with Crippen molar-refractivity contribution in [2.45, 2.75) is 30.2 Å². The molecule has 0 spiro atoms. The van der Waals surface area contributed by atoms with E-state index in [1.807, 2.05) is 17.0 Å². The molecule has 0 unspecified atom stereocenters. The number of anilines is 1. The molecule has 0 radical (unpaired) electrons. The van der Waals surface area contributed by atoms with Crippen LogP contribution in [0.3, 0.4) is 0 Å². The van der Waals surface area contributed by atoms with Crippen LogP contribution in [0.4, 0.5) is 5.69 Å². The lowest BCUT2D eigenvalue weighted by molar-refractivity contribution is 0.0730. The fraction of sp³-hybridized carbons (Fsp3) is 0.458. The summed E-state index contributed by atoms with van der Waals surface area (Å²) in [6.07, 6.45) is 0.868. The maximum atomic E-state index is 13.8. The van der Waals surface area contributed by atoms with Gasteiger partial charge in [0.05, 0.1) is 18.2 Å². The number of nitrogens with zero attached hydrogens (tertiary/aromatic N) is 3. The second-order valence-electron chi connectivity index (χ2n) is 9.12. The predicted molar refractivity (Wildman–Crippen MR) is 128 cm³/mol. The number of carbonyl (C=O) groups is 1. The number of rotatable bonds is 3. The van der Waals surface area contributed by atoms with Crippen molar-refractivity contribution in [3.05, 3.63) is 58.1 Å². The fourth-order valence-electron chi connectivity index (χ4n) is 5.25. The number of piperidine rings is 1. The number of likely N-dealkylation sites (N-methyl/N-ethyl adjacent to an activating group) is 1. The molecule has 176 valence electrons. The summed E-state index contributed by atoms with van der Waals surface area (Å²) >= 11 is 6.32. The summed E-state index contributed by atoms with van der Waals surface area (Å²) in [4.78, 5) is 18.0. The van der Waals surface area contributed by atoms with Gasteiger partial charge in [-0.2, -0.15) is 4.31 Å². The number of hydrogen-bond acceptors (Lipinski definition) is 5. The van der Waals surface area contributed by atoms with Crippen LogP contribution in [0.2, 0.25) is 5.02 Å².